The van der Waals surface area contributed by atoms with Gasteiger partial charge in [0.15, 0.2) is 0 Å². The number of fused-ring (bicyclic) bond motifs is 1. The van der Waals surface area contributed by atoms with E-state index < -0.39 is 0 Å². The van der Waals surface area contributed by atoms with Gasteiger partial charge in [0, 0.05) is 11.4 Å². The summed E-state index contributed by atoms with van der Waals surface area (Å²) in [6.07, 6.45) is 2.38. The topological polar surface area (TPSA) is 94.3 Å². The van der Waals surface area contributed by atoms with Gasteiger partial charge in [-0.1, -0.05) is 30.3 Å². The number of amides is 1. The van der Waals surface area contributed by atoms with Crippen LogP contribution in [0, 0.1) is 0 Å². The molecule has 114 valence electrons. The van der Waals surface area contributed by atoms with Crippen molar-refractivity contribution >= 4 is 22.8 Å². The minimum Gasteiger partial charge on any atom is -0.464 e. The Bertz CT molecular complexity index is 819. The highest BCUT2D eigenvalue weighted by Gasteiger charge is 2.25. The van der Waals surface area contributed by atoms with Gasteiger partial charge in [-0.2, -0.15) is 0 Å². The monoisotopic (exact) mass is 299 g/mol. The lowest BCUT2D eigenvalue weighted by atomic mass is 10.1. The van der Waals surface area contributed by atoms with E-state index in [9.17, 15) is 4.79 Å². The van der Waals surface area contributed by atoms with Crippen LogP contribution in [0.2, 0.25) is 0 Å². The number of nitrogens with two attached hydrogens (primary N) is 1. The molecule has 1 aromatic carbocycles. The maximum atomic E-state index is 12.4. The Morgan fingerprint density at radius 2 is 2.18 bits per heavy atom. The highest BCUT2D eigenvalue weighted by molar-refractivity contribution is 6.06. The fourth-order valence-electron chi connectivity index (χ4n) is 2.27. The van der Waals surface area contributed by atoms with Gasteiger partial charge in [0.1, 0.15) is 23.1 Å². The Kier molecular flexibility index (Phi) is 3.58. The summed E-state index contributed by atoms with van der Waals surface area (Å²) >= 11 is 0. The van der Waals surface area contributed by atoms with Gasteiger partial charge >= 0.3 is 0 Å². The second-order valence-electron chi connectivity index (χ2n) is 5.20. The first kappa shape index (κ1) is 14.2. The molecule has 0 aliphatic rings. The van der Waals surface area contributed by atoms with Gasteiger partial charge < -0.3 is 20.0 Å². The molecule has 0 aliphatic carbocycles. The van der Waals surface area contributed by atoms with Crippen LogP contribution in [0.15, 0.2) is 39.5 Å². The predicted octanol–water partition coefficient (Wildman–Crippen LogP) is 3.20. The summed E-state index contributed by atoms with van der Waals surface area (Å²) in [4.78, 5) is 12.4. The van der Waals surface area contributed by atoms with E-state index in [1.165, 1.54) is 0 Å². The van der Waals surface area contributed by atoms with Crippen LogP contribution in [0.3, 0.4) is 0 Å². The van der Waals surface area contributed by atoms with Crippen molar-refractivity contribution in [3.05, 3.63) is 36.1 Å². The molecule has 0 saturated carbocycles. The Labute approximate surface area is 127 Å². The largest absolute Gasteiger partial charge is 0.464 e. The molecule has 3 rings (SSSR count). The second-order valence-corrected chi connectivity index (χ2v) is 5.20. The number of aromatic nitrogens is 1. The van der Waals surface area contributed by atoms with Crippen LogP contribution in [0.1, 0.15) is 30.6 Å². The number of anilines is 1. The number of furan rings is 1. The number of carbonyl (C=O) groups is 1. The molecular weight excluding hydrogens is 282 g/mol. The van der Waals surface area contributed by atoms with Crippen LogP contribution in [0.25, 0.3) is 22.2 Å². The zero-order chi connectivity index (χ0) is 15.7. The van der Waals surface area contributed by atoms with E-state index >= 15 is 0 Å². The Hall–Kier alpha value is -2.76. The van der Waals surface area contributed by atoms with Crippen LogP contribution in [-0.4, -0.2) is 17.1 Å². The molecule has 0 saturated heterocycles. The van der Waals surface area contributed by atoms with E-state index in [1.807, 2.05) is 38.1 Å². The molecule has 2 aromatic heterocycles. The number of hydrogen-bond donors (Lipinski definition) is 2. The van der Waals surface area contributed by atoms with E-state index in [1.54, 1.807) is 6.26 Å². The molecule has 1 unspecified atom stereocenters. The summed E-state index contributed by atoms with van der Waals surface area (Å²) in [7, 11) is 0. The summed E-state index contributed by atoms with van der Waals surface area (Å²) in [6.45, 7) is 3.92. The lowest BCUT2D eigenvalue weighted by Gasteiger charge is -2.10. The number of nitrogens with one attached hydrogen (secondary N) is 1. The van der Waals surface area contributed by atoms with E-state index in [0.29, 0.717) is 16.8 Å². The fraction of sp³-hybridized carbons (Fsp3) is 0.250. The molecule has 0 spiro atoms. The average Bonchev–Trinajstić information content (AvgIpc) is 3.10. The van der Waals surface area contributed by atoms with Crippen molar-refractivity contribution in [1.82, 2.24) is 10.5 Å². The predicted molar refractivity (Wildman–Crippen MR) is 83.3 cm³/mol. The fourth-order valence-corrected chi connectivity index (χ4v) is 2.27. The van der Waals surface area contributed by atoms with Crippen molar-refractivity contribution < 1.29 is 13.7 Å². The molecule has 0 fully saturated rings. The van der Waals surface area contributed by atoms with Crippen LogP contribution in [0.4, 0.5) is 5.88 Å². The minimum atomic E-state index is -0.298. The Balaban J connectivity index is 2.07. The zero-order valence-corrected chi connectivity index (χ0v) is 12.4. The summed E-state index contributed by atoms with van der Waals surface area (Å²) in [6, 6.07) is 7.56. The van der Waals surface area contributed by atoms with Gasteiger partial charge in [-0.3, -0.25) is 4.79 Å². The normalized spacial score (nSPS) is 12.5. The SMILES string of the molecule is CCC(C)NC(=O)c1c(-c2coc3ccccc23)noc1N. The highest BCUT2D eigenvalue weighted by atomic mass is 16.5. The van der Waals surface area contributed by atoms with Gasteiger partial charge in [0.05, 0.1) is 5.56 Å². The summed E-state index contributed by atoms with van der Waals surface area (Å²) in [5, 5.41) is 7.67. The smallest absolute Gasteiger partial charge is 0.259 e. The molecule has 1 atom stereocenters. The number of hydrogen-bond acceptors (Lipinski definition) is 5. The summed E-state index contributed by atoms with van der Waals surface area (Å²) in [5.41, 5.74) is 7.82. The number of para-hydroxylation sites is 1. The minimum absolute atomic E-state index is 0.00100. The van der Waals surface area contributed by atoms with Crippen molar-refractivity contribution in [2.45, 2.75) is 26.3 Å². The van der Waals surface area contributed by atoms with Crippen LogP contribution in [0.5, 0.6) is 0 Å². The standard InChI is InChI=1S/C16H17N3O3/c1-3-9(2)18-16(20)13-14(19-22-15(13)17)11-8-21-12-7-5-4-6-10(11)12/h4-9H,3,17H2,1-2H3,(H,18,20). The van der Waals surface area contributed by atoms with Crippen LogP contribution >= 0.6 is 0 Å². The van der Waals surface area contributed by atoms with Gasteiger partial charge in [-0.25, -0.2) is 0 Å². The molecule has 0 bridgehead atoms. The molecule has 3 N–H and O–H groups in total. The number of carbonyl (C=O) groups excluding carboxylic acids is 1. The molecule has 0 radical (unpaired) electrons. The third-order valence-corrected chi connectivity index (χ3v) is 3.67. The zero-order valence-electron chi connectivity index (χ0n) is 12.4. The van der Waals surface area contributed by atoms with Gasteiger partial charge in [0.25, 0.3) is 5.91 Å². The lowest BCUT2D eigenvalue weighted by Crippen LogP contribution is -2.32. The number of nitrogen functional groups attached to an aromatic ring is 1. The van der Waals surface area contributed by atoms with Crippen LogP contribution in [-0.2, 0) is 0 Å². The van der Waals surface area contributed by atoms with Gasteiger partial charge in [-0.15, -0.1) is 0 Å². The molecule has 2 heterocycles. The van der Waals surface area contributed by atoms with Crippen molar-refractivity contribution in [3.8, 4) is 11.3 Å². The number of benzene rings is 1. The first-order valence-electron chi connectivity index (χ1n) is 7.14. The summed E-state index contributed by atoms with van der Waals surface area (Å²) in [5.74, 6) is -0.297. The maximum Gasteiger partial charge on any atom is 0.259 e. The summed E-state index contributed by atoms with van der Waals surface area (Å²) < 4.78 is 10.5. The van der Waals surface area contributed by atoms with Crippen molar-refractivity contribution in [2.75, 3.05) is 5.73 Å². The Morgan fingerprint density at radius 1 is 1.41 bits per heavy atom. The molecular formula is C16H17N3O3. The van der Waals surface area contributed by atoms with Crippen molar-refractivity contribution in [3.63, 3.8) is 0 Å². The molecule has 22 heavy (non-hydrogen) atoms. The van der Waals surface area contributed by atoms with E-state index in [-0.39, 0.29) is 23.4 Å². The van der Waals surface area contributed by atoms with Crippen LogP contribution < -0.4 is 11.1 Å². The van der Waals surface area contributed by atoms with Gasteiger partial charge in [0.2, 0.25) is 5.88 Å². The Morgan fingerprint density at radius 3 is 2.95 bits per heavy atom. The third kappa shape index (κ3) is 2.32. The lowest BCUT2D eigenvalue weighted by molar-refractivity contribution is 0.0940. The average molecular weight is 299 g/mol. The maximum absolute atomic E-state index is 12.4. The third-order valence-electron chi connectivity index (χ3n) is 3.67. The first-order valence-corrected chi connectivity index (χ1v) is 7.14. The van der Waals surface area contributed by atoms with Gasteiger partial charge in [-0.05, 0) is 19.4 Å². The van der Waals surface area contributed by atoms with E-state index in [0.717, 1.165) is 11.8 Å². The number of nitrogens with zero attached hydrogens (tertiary/aromatic N) is 1. The van der Waals surface area contributed by atoms with E-state index in [2.05, 4.69) is 10.5 Å². The molecule has 6 heteroatoms. The van der Waals surface area contributed by atoms with Crippen molar-refractivity contribution in [2.24, 2.45) is 0 Å². The number of rotatable bonds is 4. The second kappa shape index (κ2) is 5.55. The van der Waals surface area contributed by atoms with E-state index in [4.69, 9.17) is 14.7 Å². The molecule has 1 amide bonds. The molecule has 6 nitrogen and oxygen atoms in total. The quantitative estimate of drug-likeness (QED) is 0.771. The first-order chi connectivity index (χ1) is 10.6. The highest BCUT2D eigenvalue weighted by Crippen LogP contribution is 2.34. The molecule has 0 aliphatic heterocycles. The molecule has 3 aromatic rings. The van der Waals surface area contributed by atoms with Crippen molar-refractivity contribution in [1.29, 1.82) is 0 Å².